The minimum absolute atomic E-state index is 0.0825. The summed E-state index contributed by atoms with van der Waals surface area (Å²) in [7, 11) is 3.98. The maximum absolute atomic E-state index is 11.8. The maximum atomic E-state index is 11.8. The zero-order chi connectivity index (χ0) is 15.5. The van der Waals surface area contributed by atoms with Gasteiger partial charge >= 0.3 is 0 Å². The molecule has 1 fully saturated rings. The molecule has 118 valence electrons. The predicted molar refractivity (Wildman–Crippen MR) is 97.8 cm³/mol. The van der Waals surface area contributed by atoms with Crippen LogP contribution in [-0.4, -0.2) is 16.9 Å². The molecule has 1 amide bonds. The van der Waals surface area contributed by atoms with Gasteiger partial charge in [0.05, 0.1) is 0 Å². The van der Waals surface area contributed by atoms with E-state index in [1.54, 1.807) is 6.07 Å². The van der Waals surface area contributed by atoms with Crippen molar-refractivity contribution in [2.75, 3.05) is 16.8 Å². The summed E-state index contributed by atoms with van der Waals surface area (Å²) in [4.78, 5) is 11.8. The lowest BCUT2D eigenvalue weighted by molar-refractivity contribution is -0.116. The average Bonchev–Trinajstić information content (AvgIpc) is 2.99. The number of anilines is 2. The fourth-order valence-corrected chi connectivity index (χ4v) is 5.09. The third-order valence-electron chi connectivity index (χ3n) is 3.08. The van der Waals surface area contributed by atoms with E-state index in [-0.39, 0.29) is 5.91 Å². The molecular weight excluding hydrogens is 300 g/mol. The van der Waals surface area contributed by atoms with Gasteiger partial charge in [-0.05, 0) is 37.5 Å². The number of unbranched alkanes of at least 4 members (excludes halogenated alkanes) is 1. The molecule has 1 aromatic rings. The number of nitrogens with two attached hydrogens (primary N) is 1. The van der Waals surface area contributed by atoms with E-state index in [4.69, 9.17) is 5.73 Å². The summed E-state index contributed by atoms with van der Waals surface area (Å²) in [6.45, 7) is 4.00. The number of hydrogen-bond donors (Lipinski definition) is 2. The predicted octanol–water partition coefficient (Wildman–Crippen LogP) is 4.95. The van der Waals surface area contributed by atoms with Crippen LogP contribution in [-0.2, 0) is 4.79 Å². The van der Waals surface area contributed by atoms with E-state index in [1.165, 1.54) is 18.6 Å². The molecule has 1 aromatic carbocycles. The third kappa shape index (κ3) is 7.67. The molecule has 21 heavy (non-hydrogen) atoms. The van der Waals surface area contributed by atoms with E-state index in [1.807, 2.05) is 53.6 Å². The van der Waals surface area contributed by atoms with E-state index in [0.29, 0.717) is 12.1 Å². The van der Waals surface area contributed by atoms with Crippen molar-refractivity contribution in [3.63, 3.8) is 0 Å². The highest BCUT2D eigenvalue weighted by molar-refractivity contribution is 8.77. The number of benzene rings is 1. The van der Waals surface area contributed by atoms with Crippen molar-refractivity contribution in [2.24, 2.45) is 0 Å². The molecule has 0 saturated carbocycles. The first-order valence-electron chi connectivity index (χ1n) is 7.68. The molecule has 1 atom stereocenters. The molecule has 1 unspecified atom stereocenters. The Labute approximate surface area is 136 Å². The standard InChI is InChI=1S/C14H20N2OS2.C2H6/c15-11-4-3-5-12(10-11)16-14(17)7-2-1-6-13-8-9-18-19-13;1-2/h3-5,10,13H,1-2,6-9,15H2,(H,16,17);1-2H3. The fraction of sp³-hybridized carbons (Fsp3) is 0.562. The smallest absolute Gasteiger partial charge is 0.224 e. The Bertz CT molecular complexity index is 420. The second kappa shape index (κ2) is 10.9. The summed E-state index contributed by atoms with van der Waals surface area (Å²) in [6, 6.07) is 7.30. The van der Waals surface area contributed by atoms with Gasteiger partial charge in [-0.15, -0.1) is 0 Å². The number of nitrogens with one attached hydrogen (secondary N) is 1. The lowest BCUT2D eigenvalue weighted by Crippen LogP contribution is -2.11. The quantitative estimate of drug-likeness (QED) is 0.441. The van der Waals surface area contributed by atoms with Crippen molar-refractivity contribution in [2.45, 2.75) is 51.2 Å². The van der Waals surface area contributed by atoms with Gasteiger partial charge in [-0.3, -0.25) is 4.79 Å². The number of carbonyl (C=O) groups is 1. The molecule has 1 heterocycles. The highest BCUT2D eigenvalue weighted by atomic mass is 33.1. The van der Waals surface area contributed by atoms with Crippen LogP contribution in [0.25, 0.3) is 0 Å². The van der Waals surface area contributed by atoms with Gasteiger partial charge in [0.15, 0.2) is 0 Å². The van der Waals surface area contributed by atoms with Gasteiger partial charge in [-0.25, -0.2) is 0 Å². The Balaban J connectivity index is 0.00000106. The van der Waals surface area contributed by atoms with Gasteiger partial charge in [-0.1, -0.05) is 47.9 Å². The summed E-state index contributed by atoms with van der Waals surface area (Å²) in [5, 5.41) is 3.69. The number of nitrogen functional groups attached to an aromatic ring is 1. The van der Waals surface area contributed by atoms with Crippen LogP contribution in [0.5, 0.6) is 0 Å². The second-order valence-electron chi connectivity index (χ2n) is 4.75. The van der Waals surface area contributed by atoms with Crippen LogP contribution < -0.4 is 11.1 Å². The van der Waals surface area contributed by atoms with E-state index in [2.05, 4.69) is 5.32 Å². The highest BCUT2D eigenvalue weighted by Crippen LogP contribution is 2.39. The molecule has 1 saturated heterocycles. The van der Waals surface area contributed by atoms with Crippen molar-refractivity contribution >= 4 is 38.9 Å². The summed E-state index contributed by atoms with van der Waals surface area (Å²) in [5.74, 6) is 1.37. The number of amides is 1. The average molecular weight is 327 g/mol. The Morgan fingerprint density at radius 2 is 2.19 bits per heavy atom. The monoisotopic (exact) mass is 326 g/mol. The first-order chi connectivity index (χ1) is 10.2. The summed E-state index contributed by atoms with van der Waals surface area (Å²) in [5.41, 5.74) is 7.13. The minimum Gasteiger partial charge on any atom is -0.399 e. The van der Waals surface area contributed by atoms with Gasteiger partial charge in [0.2, 0.25) is 5.91 Å². The molecule has 3 nitrogen and oxygen atoms in total. The molecule has 0 bridgehead atoms. The zero-order valence-electron chi connectivity index (χ0n) is 12.9. The largest absolute Gasteiger partial charge is 0.399 e. The van der Waals surface area contributed by atoms with Crippen LogP contribution in [0.1, 0.15) is 46.0 Å². The summed E-state index contributed by atoms with van der Waals surface area (Å²) >= 11 is 0. The topological polar surface area (TPSA) is 55.1 Å². The molecule has 2 rings (SSSR count). The lowest BCUT2D eigenvalue weighted by Gasteiger charge is -2.08. The summed E-state index contributed by atoms with van der Waals surface area (Å²) < 4.78 is 0. The molecule has 5 heteroatoms. The van der Waals surface area contributed by atoms with E-state index in [9.17, 15) is 4.79 Å². The van der Waals surface area contributed by atoms with Gasteiger partial charge in [0.25, 0.3) is 0 Å². The van der Waals surface area contributed by atoms with Crippen molar-refractivity contribution in [1.29, 1.82) is 0 Å². The molecule has 0 spiro atoms. The van der Waals surface area contributed by atoms with Crippen molar-refractivity contribution in [1.82, 2.24) is 0 Å². The SMILES string of the molecule is CC.Nc1cccc(NC(=O)CCCCC2CCSS2)c1. The fourth-order valence-electron chi connectivity index (χ4n) is 2.06. The van der Waals surface area contributed by atoms with Crippen LogP contribution >= 0.6 is 21.6 Å². The van der Waals surface area contributed by atoms with Crippen molar-refractivity contribution in [3.8, 4) is 0 Å². The first-order valence-corrected chi connectivity index (χ1v) is 10.1. The third-order valence-corrected chi connectivity index (χ3v) is 6.08. The maximum Gasteiger partial charge on any atom is 0.224 e. The minimum atomic E-state index is 0.0825. The van der Waals surface area contributed by atoms with E-state index in [0.717, 1.165) is 23.8 Å². The molecular formula is C16H26N2OS2. The van der Waals surface area contributed by atoms with Gasteiger partial charge in [0.1, 0.15) is 0 Å². The van der Waals surface area contributed by atoms with E-state index < -0.39 is 0 Å². The van der Waals surface area contributed by atoms with Gasteiger partial charge < -0.3 is 11.1 Å². The molecule has 1 aliphatic heterocycles. The zero-order valence-corrected chi connectivity index (χ0v) is 14.6. The number of carbonyl (C=O) groups excluding carboxylic acids is 1. The first kappa shape index (κ1) is 18.2. The number of hydrogen-bond acceptors (Lipinski definition) is 4. The Hall–Kier alpha value is -0.810. The molecule has 0 aliphatic carbocycles. The van der Waals surface area contributed by atoms with Crippen LogP contribution in [0.2, 0.25) is 0 Å². The molecule has 3 N–H and O–H groups in total. The summed E-state index contributed by atoms with van der Waals surface area (Å²) in [6.07, 6.45) is 5.27. The van der Waals surface area contributed by atoms with E-state index >= 15 is 0 Å². The molecule has 0 aromatic heterocycles. The van der Waals surface area contributed by atoms with Crippen LogP contribution in [0.4, 0.5) is 11.4 Å². The number of rotatable bonds is 6. The highest BCUT2D eigenvalue weighted by Gasteiger charge is 2.15. The molecule has 0 radical (unpaired) electrons. The van der Waals surface area contributed by atoms with Gasteiger partial charge in [-0.2, -0.15) is 0 Å². The van der Waals surface area contributed by atoms with Crippen LogP contribution in [0.15, 0.2) is 24.3 Å². The Kier molecular flexibility index (Phi) is 9.42. The molecule has 1 aliphatic rings. The normalized spacial score (nSPS) is 17.0. The Morgan fingerprint density at radius 1 is 1.38 bits per heavy atom. The lowest BCUT2D eigenvalue weighted by atomic mass is 10.1. The van der Waals surface area contributed by atoms with Crippen LogP contribution in [0.3, 0.4) is 0 Å². The van der Waals surface area contributed by atoms with Crippen molar-refractivity contribution < 1.29 is 4.79 Å². The second-order valence-corrected chi connectivity index (χ2v) is 7.54. The van der Waals surface area contributed by atoms with Crippen LogP contribution in [0, 0.1) is 0 Å². The van der Waals surface area contributed by atoms with Crippen molar-refractivity contribution in [3.05, 3.63) is 24.3 Å². The Morgan fingerprint density at radius 3 is 2.86 bits per heavy atom. The van der Waals surface area contributed by atoms with Gasteiger partial charge in [0, 0.05) is 28.8 Å².